The van der Waals surface area contributed by atoms with Crippen molar-refractivity contribution < 1.29 is 9.13 Å². The van der Waals surface area contributed by atoms with Crippen molar-refractivity contribution in [2.45, 2.75) is 18.4 Å². The number of likely N-dealkylation sites (N-methyl/N-ethyl adjacent to an activating group) is 1. The van der Waals surface area contributed by atoms with Gasteiger partial charge in [0.2, 0.25) is 0 Å². The molecule has 0 unspecified atom stereocenters. The van der Waals surface area contributed by atoms with Crippen LogP contribution in [0.15, 0.2) is 24.3 Å². The van der Waals surface area contributed by atoms with Crippen LogP contribution in [0.5, 0.6) is 0 Å². The number of nitrogens with zero attached hydrogens (tertiary/aromatic N) is 3. The summed E-state index contributed by atoms with van der Waals surface area (Å²) in [5.41, 5.74) is 0.870. The molecule has 2 saturated heterocycles. The van der Waals surface area contributed by atoms with E-state index in [1.165, 1.54) is 0 Å². The number of ether oxygens (including phenoxy) is 1. The number of hydrogen-bond acceptors (Lipinski definition) is 4. The minimum Gasteiger partial charge on any atom is -0.378 e. The molecule has 128 valence electrons. The average molecular weight is 321 g/mol. The standard InChI is InChI=1S/C18H28FN3O/c1-20(2)11-12-22-13-14-23-15-18(22)7-9-21(10-8-18)17-6-4-3-5-16(17)19/h3-6H,7-15H2,1-2H3. The molecule has 1 spiro atoms. The van der Waals surface area contributed by atoms with Gasteiger partial charge in [-0.05, 0) is 39.1 Å². The quantitative estimate of drug-likeness (QED) is 0.845. The third-order valence-electron chi connectivity index (χ3n) is 5.25. The van der Waals surface area contributed by atoms with E-state index in [1.54, 1.807) is 12.1 Å². The van der Waals surface area contributed by atoms with Crippen molar-refractivity contribution in [2.75, 3.05) is 64.9 Å². The van der Waals surface area contributed by atoms with E-state index in [2.05, 4.69) is 28.8 Å². The lowest BCUT2D eigenvalue weighted by atomic mass is 9.85. The summed E-state index contributed by atoms with van der Waals surface area (Å²) in [4.78, 5) is 7.02. The topological polar surface area (TPSA) is 19.0 Å². The predicted octanol–water partition coefficient (Wildman–Crippen LogP) is 2.06. The summed E-state index contributed by atoms with van der Waals surface area (Å²) in [6.07, 6.45) is 2.07. The van der Waals surface area contributed by atoms with Gasteiger partial charge in [-0.25, -0.2) is 4.39 Å². The van der Waals surface area contributed by atoms with Gasteiger partial charge in [0.1, 0.15) is 5.82 Å². The van der Waals surface area contributed by atoms with Gasteiger partial charge in [0, 0.05) is 38.3 Å². The fourth-order valence-electron chi connectivity index (χ4n) is 3.77. The molecule has 2 aliphatic rings. The van der Waals surface area contributed by atoms with Crippen LogP contribution >= 0.6 is 0 Å². The van der Waals surface area contributed by atoms with Crippen LogP contribution in [0.25, 0.3) is 0 Å². The van der Waals surface area contributed by atoms with Crippen LogP contribution in [0.3, 0.4) is 0 Å². The van der Waals surface area contributed by atoms with E-state index in [4.69, 9.17) is 4.74 Å². The highest BCUT2D eigenvalue weighted by molar-refractivity contribution is 5.48. The van der Waals surface area contributed by atoms with E-state index in [1.807, 2.05) is 12.1 Å². The molecule has 5 heteroatoms. The van der Waals surface area contributed by atoms with E-state index in [-0.39, 0.29) is 11.4 Å². The average Bonchev–Trinajstić information content (AvgIpc) is 2.55. The van der Waals surface area contributed by atoms with Gasteiger partial charge in [0.15, 0.2) is 0 Å². The Hall–Kier alpha value is -1.17. The van der Waals surface area contributed by atoms with Gasteiger partial charge in [-0.1, -0.05) is 12.1 Å². The molecule has 1 aromatic carbocycles. The lowest BCUT2D eigenvalue weighted by molar-refractivity contribution is -0.0811. The minimum absolute atomic E-state index is 0.118. The number of para-hydroxylation sites is 1. The van der Waals surface area contributed by atoms with Crippen LogP contribution in [-0.2, 0) is 4.74 Å². The second-order valence-electron chi connectivity index (χ2n) is 7.01. The van der Waals surface area contributed by atoms with E-state index >= 15 is 0 Å². The summed E-state index contributed by atoms with van der Waals surface area (Å²) in [5.74, 6) is -0.118. The van der Waals surface area contributed by atoms with E-state index in [9.17, 15) is 4.39 Å². The van der Waals surface area contributed by atoms with Crippen molar-refractivity contribution >= 4 is 5.69 Å². The number of rotatable bonds is 4. The van der Waals surface area contributed by atoms with Crippen molar-refractivity contribution in [2.24, 2.45) is 0 Å². The van der Waals surface area contributed by atoms with Gasteiger partial charge in [-0.2, -0.15) is 0 Å². The van der Waals surface area contributed by atoms with Crippen molar-refractivity contribution in [1.82, 2.24) is 9.80 Å². The number of piperidine rings is 1. The molecule has 0 N–H and O–H groups in total. The summed E-state index contributed by atoms with van der Waals surface area (Å²) in [6.45, 7) is 6.58. The molecule has 0 bridgehead atoms. The molecule has 23 heavy (non-hydrogen) atoms. The maximum absolute atomic E-state index is 14.0. The van der Waals surface area contributed by atoms with Crippen LogP contribution in [0.1, 0.15) is 12.8 Å². The molecule has 0 amide bonds. The number of halogens is 1. The molecular formula is C18H28FN3O. The monoisotopic (exact) mass is 321 g/mol. The number of morpholine rings is 1. The summed E-state index contributed by atoms with van der Waals surface area (Å²) in [5, 5.41) is 0. The summed E-state index contributed by atoms with van der Waals surface area (Å²) in [7, 11) is 4.24. The summed E-state index contributed by atoms with van der Waals surface area (Å²) >= 11 is 0. The SMILES string of the molecule is CN(C)CCN1CCOCC12CCN(c1ccccc1F)CC2. The first-order chi connectivity index (χ1) is 11.1. The zero-order chi connectivity index (χ0) is 16.3. The summed E-state index contributed by atoms with van der Waals surface area (Å²) < 4.78 is 19.8. The molecule has 0 aliphatic carbocycles. The van der Waals surface area contributed by atoms with Crippen LogP contribution in [-0.4, -0.2) is 75.4 Å². The Morgan fingerprint density at radius 3 is 2.61 bits per heavy atom. The van der Waals surface area contributed by atoms with E-state index in [0.29, 0.717) is 0 Å². The first kappa shape index (κ1) is 16.7. The molecule has 0 atom stereocenters. The van der Waals surface area contributed by atoms with E-state index in [0.717, 1.165) is 64.5 Å². The van der Waals surface area contributed by atoms with Gasteiger partial charge in [-0.3, -0.25) is 4.90 Å². The lowest BCUT2D eigenvalue weighted by Crippen LogP contribution is -2.62. The van der Waals surface area contributed by atoms with Crippen LogP contribution in [0, 0.1) is 5.82 Å². The maximum Gasteiger partial charge on any atom is 0.146 e. The van der Waals surface area contributed by atoms with Crippen molar-refractivity contribution in [3.8, 4) is 0 Å². The highest BCUT2D eigenvalue weighted by atomic mass is 19.1. The van der Waals surface area contributed by atoms with Gasteiger partial charge < -0.3 is 14.5 Å². The first-order valence-corrected chi connectivity index (χ1v) is 8.58. The highest BCUT2D eigenvalue weighted by Crippen LogP contribution is 2.34. The number of anilines is 1. The Labute approximate surface area is 138 Å². The first-order valence-electron chi connectivity index (χ1n) is 8.58. The van der Waals surface area contributed by atoms with Crippen LogP contribution in [0.2, 0.25) is 0 Å². The van der Waals surface area contributed by atoms with Crippen LogP contribution in [0.4, 0.5) is 10.1 Å². The van der Waals surface area contributed by atoms with Gasteiger partial charge in [0.05, 0.1) is 18.9 Å². The van der Waals surface area contributed by atoms with Crippen molar-refractivity contribution in [3.63, 3.8) is 0 Å². The normalized spacial score (nSPS) is 22.0. The lowest BCUT2D eigenvalue weighted by Gasteiger charge is -2.51. The third-order valence-corrected chi connectivity index (χ3v) is 5.25. The third kappa shape index (κ3) is 3.67. The molecule has 2 heterocycles. The maximum atomic E-state index is 14.0. The molecule has 4 nitrogen and oxygen atoms in total. The Balaban J connectivity index is 1.66. The smallest absolute Gasteiger partial charge is 0.146 e. The number of benzene rings is 1. The molecule has 2 fully saturated rings. The fourth-order valence-corrected chi connectivity index (χ4v) is 3.77. The predicted molar refractivity (Wildman–Crippen MR) is 91.5 cm³/mol. The zero-order valence-corrected chi connectivity index (χ0v) is 14.3. The van der Waals surface area contributed by atoms with Gasteiger partial charge in [0.25, 0.3) is 0 Å². The fraction of sp³-hybridized carbons (Fsp3) is 0.667. The highest BCUT2D eigenvalue weighted by Gasteiger charge is 2.42. The van der Waals surface area contributed by atoms with Crippen molar-refractivity contribution in [1.29, 1.82) is 0 Å². The molecular weight excluding hydrogens is 293 g/mol. The van der Waals surface area contributed by atoms with Crippen molar-refractivity contribution in [3.05, 3.63) is 30.1 Å². The van der Waals surface area contributed by atoms with Gasteiger partial charge in [-0.15, -0.1) is 0 Å². The Morgan fingerprint density at radius 1 is 1.17 bits per heavy atom. The molecule has 0 radical (unpaired) electrons. The largest absolute Gasteiger partial charge is 0.378 e. The molecule has 1 aromatic rings. The Kier molecular flexibility index (Phi) is 5.19. The summed E-state index contributed by atoms with van der Waals surface area (Å²) in [6, 6.07) is 7.10. The Bertz CT molecular complexity index is 515. The molecule has 2 aliphatic heterocycles. The zero-order valence-electron chi connectivity index (χ0n) is 14.3. The Morgan fingerprint density at radius 2 is 1.91 bits per heavy atom. The van der Waals surface area contributed by atoms with Crippen LogP contribution < -0.4 is 4.90 Å². The van der Waals surface area contributed by atoms with E-state index < -0.39 is 0 Å². The molecule has 3 rings (SSSR count). The second kappa shape index (κ2) is 7.16. The molecule has 0 aromatic heterocycles. The molecule has 0 saturated carbocycles. The second-order valence-corrected chi connectivity index (χ2v) is 7.01. The van der Waals surface area contributed by atoms with Gasteiger partial charge >= 0.3 is 0 Å². The minimum atomic E-state index is -0.118. The number of hydrogen-bond donors (Lipinski definition) is 0.